The van der Waals surface area contributed by atoms with Gasteiger partial charge < -0.3 is 5.73 Å². The lowest BCUT2D eigenvalue weighted by molar-refractivity contribution is 0.620. The Morgan fingerprint density at radius 1 is 0.950 bits per heavy atom. The van der Waals surface area contributed by atoms with Gasteiger partial charge >= 0.3 is 0 Å². The number of nitrogens with two attached hydrogens (primary N) is 1. The van der Waals surface area contributed by atoms with E-state index in [1.807, 2.05) is 0 Å². The maximum atomic E-state index is 6.66. The second-order valence-corrected chi connectivity index (χ2v) is 6.38. The maximum Gasteiger partial charge on any atom is 0.0649 e. The Kier molecular flexibility index (Phi) is 2.16. The minimum Gasteiger partial charge on any atom is -0.318 e. The van der Waals surface area contributed by atoms with Gasteiger partial charge in [-0.2, -0.15) is 0 Å². The molecule has 2 aromatic carbocycles. The first-order valence-electron chi connectivity index (χ1n) is 7.23. The zero-order valence-electron chi connectivity index (χ0n) is 12.2. The van der Waals surface area contributed by atoms with Gasteiger partial charge in [0.1, 0.15) is 0 Å². The molecule has 0 spiro atoms. The van der Waals surface area contributed by atoms with Gasteiger partial charge in [-0.1, -0.05) is 29.8 Å². The number of benzene rings is 2. The first-order valence-corrected chi connectivity index (χ1v) is 7.23. The van der Waals surface area contributed by atoms with E-state index in [1.54, 1.807) is 0 Å². The fraction of sp³-hybridized carbons (Fsp3) is 0.263. The van der Waals surface area contributed by atoms with Gasteiger partial charge in [0, 0.05) is 0 Å². The molecule has 1 nitrogen and oxygen atoms in total. The van der Waals surface area contributed by atoms with Crippen LogP contribution in [0, 0.1) is 0 Å². The molecular formula is C19H19N. The molecule has 2 N–H and O–H groups in total. The minimum atomic E-state index is -0.377. The van der Waals surface area contributed by atoms with Gasteiger partial charge in [-0.05, 0) is 78.3 Å². The second kappa shape index (κ2) is 3.62. The predicted octanol–water partition coefficient (Wildman–Crippen LogP) is 4.24. The Labute approximate surface area is 120 Å². The molecule has 0 saturated heterocycles. The van der Waals surface area contributed by atoms with E-state index in [2.05, 4.69) is 57.2 Å². The smallest absolute Gasteiger partial charge is 0.0649 e. The molecule has 2 aromatic rings. The van der Waals surface area contributed by atoms with Gasteiger partial charge in [-0.15, -0.1) is 0 Å². The Morgan fingerprint density at radius 2 is 1.70 bits per heavy atom. The minimum absolute atomic E-state index is 0.377. The fourth-order valence-electron chi connectivity index (χ4n) is 3.76. The average molecular weight is 261 g/mol. The van der Waals surface area contributed by atoms with Gasteiger partial charge in [0.2, 0.25) is 0 Å². The van der Waals surface area contributed by atoms with Gasteiger partial charge in [0.05, 0.1) is 5.54 Å². The molecule has 2 aliphatic carbocycles. The highest BCUT2D eigenvalue weighted by Crippen LogP contribution is 2.48. The summed E-state index contributed by atoms with van der Waals surface area (Å²) in [5.41, 5.74) is 17.2. The third-order valence-electron chi connectivity index (χ3n) is 5.08. The van der Waals surface area contributed by atoms with Crippen molar-refractivity contribution >= 4 is 5.57 Å². The summed E-state index contributed by atoms with van der Waals surface area (Å²) in [4.78, 5) is 0. The lowest BCUT2D eigenvalue weighted by Gasteiger charge is -2.22. The quantitative estimate of drug-likeness (QED) is 0.754. The number of hydrogen-bond donors (Lipinski definition) is 1. The third kappa shape index (κ3) is 1.31. The van der Waals surface area contributed by atoms with Crippen molar-refractivity contribution < 1.29 is 0 Å². The van der Waals surface area contributed by atoms with Crippen LogP contribution >= 0.6 is 0 Å². The molecule has 100 valence electrons. The van der Waals surface area contributed by atoms with Crippen molar-refractivity contribution in [1.29, 1.82) is 0 Å². The fourth-order valence-corrected chi connectivity index (χ4v) is 3.76. The van der Waals surface area contributed by atoms with Crippen molar-refractivity contribution in [3.63, 3.8) is 0 Å². The van der Waals surface area contributed by atoms with E-state index >= 15 is 0 Å². The van der Waals surface area contributed by atoms with Crippen LogP contribution in [0.2, 0.25) is 0 Å². The van der Waals surface area contributed by atoms with Crippen molar-refractivity contribution in [2.45, 2.75) is 32.7 Å². The molecular weight excluding hydrogens is 242 g/mol. The summed E-state index contributed by atoms with van der Waals surface area (Å²) < 4.78 is 0. The Hall–Kier alpha value is -1.86. The molecule has 0 aliphatic heterocycles. The Morgan fingerprint density at radius 3 is 2.50 bits per heavy atom. The normalized spacial score (nSPS) is 22.8. The van der Waals surface area contributed by atoms with E-state index in [4.69, 9.17) is 5.73 Å². The van der Waals surface area contributed by atoms with E-state index in [0.29, 0.717) is 0 Å². The van der Waals surface area contributed by atoms with Gasteiger partial charge in [0.25, 0.3) is 0 Å². The summed E-state index contributed by atoms with van der Waals surface area (Å²) in [5, 5.41) is 0. The molecule has 0 bridgehead atoms. The van der Waals surface area contributed by atoms with Crippen LogP contribution in [0.3, 0.4) is 0 Å². The molecule has 0 radical (unpaired) electrons. The molecule has 4 rings (SSSR count). The molecule has 0 fully saturated rings. The van der Waals surface area contributed by atoms with E-state index < -0.39 is 0 Å². The third-order valence-corrected chi connectivity index (χ3v) is 5.08. The summed E-state index contributed by atoms with van der Waals surface area (Å²) in [6, 6.07) is 13.2. The van der Waals surface area contributed by atoms with Gasteiger partial charge in [-0.25, -0.2) is 0 Å². The van der Waals surface area contributed by atoms with Crippen molar-refractivity contribution in [1.82, 2.24) is 0 Å². The molecule has 0 amide bonds. The van der Waals surface area contributed by atoms with Gasteiger partial charge in [0.15, 0.2) is 0 Å². The predicted molar refractivity (Wildman–Crippen MR) is 84.5 cm³/mol. The Bertz CT molecular complexity index is 778. The van der Waals surface area contributed by atoms with Crippen LogP contribution in [-0.2, 0) is 12.0 Å². The monoisotopic (exact) mass is 261 g/mol. The summed E-state index contributed by atoms with van der Waals surface area (Å²) >= 11 is 0. The summed E-state index contributed by atoms with van der Waals surface area (Å²) in [5.74, 6) is 0. The summed E-state index contributed by atoms with van der Waals surface area (Å²) in [6.45, 7) is 6.59. The number of hydrogen-bond acceptors (Lipinski definition) is 1. The highest BCUT2D eigenvalue weighted by Gasteiger charge is 2.37. The number of fused-ring (bicyclic) bond motifs is 4. The lowest BCUT2D eigenvalue weighted by Crippen LogP contribution is -2.31. The van der Waals surface area contributed by atoms with E-state index in [9.17, 15) is 0 Å². The van der Waals surface area contributed by atoms with E-state index in [0.717, 1.165) is 6.42 Å². The molecule has 0 heterocycles. The van der Waals surface area contributed by atoms with E-state index in [-0.39, 0.29) is 5.54 Å². The highest BCUT2D eigenvalue weighted by molar-refractivity contribution is 5.86. The number of allylic oxidation sites excluding steroid dienone is 2. The van der Waals surface area contributed by atoms with E-state index in [1.165, 1.54) is 44.5 Å². The van der Waals surface area contributed by atoms with Crippen molar-refractivity contribution in [2.24, 2.45) is 5.73 Å². The molecule has 1 atom stereocenters. The molecule has 0 saturated carbocycles. The van der Waals surface area contributed by atoms with Crippen LogP contribution in [-0.4, -0.2) is 0 Å². The average Bonchev–Trinajstić information content (AvgIpc) is 2.83. The topological polar surface area (TPSA) is 26.0 Å². The maximum absolute atomic E-state index is 6.66. The molecule has 0 aromatic heterocycles. The first kappa shape index (κ1) is 11.9. The van der Waals surface area contributed by atoms with Crippen LogP contribution in [0.25, 0.3) is 16.7 Å². The van der Waals surface area contributed by atoms with Crippen molar-refractivity contribution in [2.75, 3.05) is 0 Å². The van der Waals surface area contributed by atoms with Gasteiger partial charge in [-0.3, -0.25) is 0 Å². The molecule has 1 heteroatoms. The Balaban J connectivity index is 2.04. The molecule has 1 unspecified atom stereocenters. The molecule has 2 aliphatic rings. The van der Waals surface area contributed by atoms with Crippen LogP contribution in [0.4, 0.5) is 0 Å². The summed E-state index contributed by atoms with van der Waals surface area (Å²) in [7, 11) is 0. The standard InChI is InChI=1S/C19H19N/c1-11-8-13-9-16-14-6-4-5-7-17(14)19(3,20)18(16)10-15(13)12(11)2/h4-7,9-10H,8,20H2,1-3H3. The number of rotatable bonds is 0. The zero-order valence-corrected chi connectivity index (χ0v) is 12.2. The SMILES string of the molecule is CC1=C(C)c2cc3c(cc2C1)-c1ccccc1C3(C)N. The van der Waals surface area contributed by atoms with Crippen LogP contribution in [0.15, 0.2) is 42.0 Å². The van der Waals surface area contributed by atoms with Crippen LogP contribution < -0.4 is 5.73 Å². The first-order chi connectivity index (χ1) is 9.50. The second-order valence-electron chi connectivity index (χ2n) is 6.38. The lowest BCUT2D eigenvalue weighted by atomic mass is 9.89. The largest absolute Gasteiger partial charge is 0.318 e. The highest BCUT2D eigenvalue weighted by atomic mass is 14.7. The van der Waals surface area contributed by atoms with Crippen molar-refractivity contribution in [3.05, 3.63) is 64.2 Å². The molecule has 20 heavy (non-hydrogen) atoms. The van der Waals surface area contributed by atoms with Crippen molar-refractivity contribution in [3.8, 4) is 11.1 Å². The zero-order chi connectivity index (χ0) is 14.1. The van der Waals surface area contributed by atoms with Crippen LogP contribution in [0.5, 0.6) is 0 Å². The summed E-state index contributed by atoms with van der Waals surface area (Å²) in [6.07, 6.45) is 1.08. The van der Waals surface area contributed by atoms with Crippen LogP contribution in [0.1, 0.15) is 43.0 Å².